The molecule has 114 valence electrons. The number of carbonyl (C=O) groups is 1. The van der Waals surface area contributed by atoms with E-state index in [0.717, 1.165) is 24.1 Å². The molecule has 6 heteroatoms. The van der Waals surface area contributed by atoms with Gasteiger partial charge in [-0.25, -0.2) is 4.79 Å². The van der Waals surface area contributed by atoms with Crippen LogP contribution in [0, 0.1) is 13.8 Å². The second kappa shape index (κ2) is 6.01. The third-order valence-corrected chi connectivity index (χ3v) is 3.46. The molecule has 0 radical (unpaired) electrons. The van der Waals surface area contributed by atoms with Crippen LogP contribution in [-0.4, -0.2) is 22.3 Å². The summed E-state index contributed by atoms with van der Waals surface area (Å²) < 4.78 is 0. The second-order valence-corrected chi connectivity index (χ2v) is 5.62. The summed E-state index contributed by atoms with van der Waals surface area (Å²) in [5.74, 6) is 1.07. The fraction of sp³-hybridized carbons (Fsp3) is 0.312. The standard InChI is InChI=1S/C16H19N5O/c1-10-3-6-13(11(2)9-10)18-14-7-8-15(21-20-14)19-16(22)17-12-4-5-12/h3,6-9,12H,4-5H2,1-2H3,(H,18,20)(H2,17,19,21,22). The van der Waals surface area contributed by atoms with Crippen LogP contribution in [-0.2, 0) is 0 Å². The van der Waals surface area contributed by atoms with Crippen molar-refractivity contribution in [1.29, 1.82) is 0 Å². The van der Waals surface area contributed by atoms with E-state index in [2.05, 4.69) is 39.1 Å². The van der Waals surface area contributed by atoms with Gasteiger partial charge in [-0.05, 0) is 50.5 Å². The van der Waals surface area contributed by atoms with Gasteiger partial charge in [0, 0.05) is 11.7 Å². The summed E-state index contributed by atoms with van der Waals surface area (Å²) in [5, 5.41) is 16.8. The van der Waals surface area contributed by atoms with Crippen LogP contribution in [0.3, 0.4) is 0 Å². The number of hydrogen-bond acceptors (Lipinski definition) is 4. The third-order valence-electron chi connectivity index (χ3n) is 3.46. The van der Waals surface area contributed by atoms with Crippen molar-refractivity contribution in [3.63, 3.8) is 0 Å². The van der Waals surface area contributed by atoms with Crippen molar-refractivity contribution in [3.05, 3.63) is 41.5 Å². The number of nitrogens with zero attached hydrogens (tertiary/aromatic N) is 2. The Bertz CT molecular complexity index is 679. The van der Waals surface area contributed by atoms with Crippen LogP contribution in [0.1, 0.15) is 24.0 Å². The van der Waals surface area contributed by atoms with Crippen molar-refractivity contribution in [2.24, 2.45) is 0 Å². The molecule has 1 aliphatic rings. The quantitative estimate of drug-likeness (QED) is 0.810. The zero-order chi connectivity index (χ0) is 15.5. The molecule has 1 aliphatic carbocycles. The van der Waals surface area contributed by atoms with Gasteiger partial charge in [0.2, 0.25) is 0 Å². The van der Waals surface area contributed by atoms with Crippen LogP contribution in [0.5, 0.6) is 0 Å². The van der Waals surface area contributed by atoms with Crippen molar-refractivity contribution in [2.45, 2.75) is 32.7 Å². The van der Waals surface area contributed by atoms with Gasteiger partial charge in [0.05, 0.1) is 0 Å². The molecule has 1 fully saturated rings. The lowest BCUT2D eigenvalue weighted by Gasteiger charge is -2.10. The minimum absolute atomic E-state index is 0.230. The van der Waals surface area contributed by atoms with Crippen molar-refractivity contribution < 1.29 is 4.79 Å². The number of aromatic nitrogens is 2. The van der Waals surface area contributed by atoms with Gasteiger partial charge < -0.3 is 10.6 Å². The lowest BCUT2D eigenvalue weighted by molar-refractivity contribution is 0.251. The Kier molecular flexibility index (Phi) is 3.91. The summed E-state index contributed by atoms with van der Waals surface area (Å²) in [6.07, 6.45) is 2.11. The first-order valence-electron chi connectivity index (χ1n) is 7.36. The van der Waals surface area contributed by atoms with Crippen LogP contribution < -0.4 is 16.0 Å². The number of benzene rings is 1. The molecule has 1 aromatic heterocycles. The van der Waals surface area contributed by atoms with Gasteiger partial charge in [-0.1, -0.05) is 17.7 Å². The first kappa shape index (κ1) is 14.3. The molecule has 0 spiro atoms. The molecular formula is C16H19N5O. The average molecular weight is 297 g/mol. The van der Waals surface area contributed by atoms with Crippen LogP contribution in [0.4, 0.5) is 22.1 Å². The molecule has 3 N–H and O–H groups in total. The third kappa shape index (κ3) is 3.72. The van der Waals surface area contributed by atoms with Gasteiger partial charge in [0.25, 0.3) is 0 Å². The highest BCUT2D eigenvalue weighted by Gasteiger charge is 2.23. The van der Waals surface area contributed by atoms with Gasteiger partial charge in [0.1, 0.15) is 0 Å². The average Bonchev–Trinajstić information content (AvgIpc) is 3.28. The maximum Gasteiger partial charge on any atom is 0.320 e. The molecule has 0 atom stereocenters. The topological polar surface area (TPSA) is 78.9 Å². The Morgan fingerprint density at radius 2 is 1.82 bits per heavy atom. The molecule has 0 unspecified atom stereocenters. The number of aryl methyl sites for hydroxylation is 2. The summed E-state index contributed by atoms with van der Waals surface area (Å²) in [6, 6.07) is 9.77. The zero-order valence-electron chi connectivity index (χ0n) is 12.7. The molecule has 1 heterocycles. The number of rotatable bonds is 4. The van der Waals surface area contributed by atoms with E-state index >= 15 is 0 Å². The number of anilines is 3. The largest absolute Gasteiger partial charge is 0.339 e. The molecule has 2 amide bonds. The predicted octanol–water partition coefficient (Wildman–Crippen LogP) is 3.12. The molecule has 6 nitrogen and oxygen atoms in total. The van der Waals surface area contributed by atoms with Crippen LogP contribution >= 0.6 is 0 Å². The Morgan fingerprint density at radius 1 is 1.09 bits per heavy atom. The highest BCUT2D eigenvalue weighted by molar-refractivity contribution is 5.88. The molecule has 22 heavy (non-hydrogen) atoms. The minimum atomic E-state index is -0.230. The first-order chi connectivity index (χ1) is 10.6. The molecule has 0 aliphatic heterocycles. The van der Waals surface area contributed by atoms with Crippen molar-refractivity contribution in [1.82, 2.24) is 15.5 Å². The normalized spacial score (nSPS) is 13.5. The second-order valence-electron chi connectivity index (χ2n) is 5.62. The fourth-order valence-electron chi connectivity index (χ4n) is 2.12. The first-order valence-corrected chi connectivity index (χ1v) is 7.36. The summed E-state index contributed by atoms with van der Waals surface area (Å²) in [5.41, 5.74) is 3.36. The zero-order valence-corrected chi connectivity index (χ0v) is 12.7. The van der Waals surface area contributed by atoms with E-state index in [1.54, 1.807) is 12.1 Å². The summed E-state index contributed by atoms with van der Waals surface area (Å²) >= 11 is 0. The molecule has 1 aromatic carbocycles. The van der Waals surface area contributed by atoms with E-state index in [-0.39, 0.29) is 6.03 Å². The number of urea groups is 1. The van der Waals surface area contributed by atoms with Gasteiger partial charge >= 0.3 is 6.03 Å². The minimum Gasteiger partial charge on any atom is -0.339 e. The lowest BCUT2D eigenvalue weighted by atomic mass is 10.1. The Morgan fingerprint density at radius 3 is 2.45 bits per heavy atom. The number of carbonyl (C=O) groups excluding carboxylic acids is 1. The summed E-state index contributed by atoms with van der Waals surface area (Å²) in [4.78, 5) is 11.6. The van der Waals surface area contributed by atoms with Gasteiger partial charge in [0.15, 0.2) is 11.6 Å². The molecule has 3 rings (SSSR count). The predicted molar refractivity (Wildman–Crippen MR) is 86.4 cm³/mol. The van der Waals surface area contributed by atoms with Gasteiger partial charge in [-0.15, -0.1) is 10.2 Å². The highest BCUT2D eigenvalue weighted by atomic mass is 16.2. The van der Waals surface area contributed by atoms with Gasteiger partial charge in [-0.2, -0.15) is 0 Å². The maximum atomic E-state index is 11.6. The van der Waals surface area contributed by atoms with E-state index < -0.39 is 0 Å². The van der Waals surface area contributed by atoms with E-state index in [1.807, 2.05) is 19.1 Å². The molecule has 2 aromatic rings. The van der Waals surface area contributed by atoms with Crippen LogP contribution in [0.15, 0.2) is 30.3 Å². The molecular weight excluding hydrogens is 278 g/mol. The molecule has 0 saturated heterocycles. The van der Waals surface area contributed by atoms with E-state index in [0.29, 0.717) is 17.7 Å². The highest BCUT2D eigenvalue weighted by Crippen LogP contribution is 2.21. The Balaban J connectivity index is 1.62. The summed E-state index contributed by atoms with van der Waals surface area (Å²) in [7, 11) is 0. The number of amides is 2. The van der Waals surface area contributed by atoms with Crippen LogP contribution in [0.2, 0.25) is 0 Å². The van der Waals surface area contributed by atoms with Gasteiger partial charge in [-0.3, -0.25) is 5.32 Å². The SMILES string of the molecule is Cc1ccc(Nc2ccc(NC(=O)NC3CC3)nn2)c(C)c1. The van der Waals surface area contributed by atoms with Crippen molar-refractivity contribution in [3.8, 4) is 0 Å². The van der Waals surface area contributed by atoms with Crippen molar-refractivity contribution >= 4 is 23.4 Å². The molecule has 1 saturated carbocycles. The lowest BCUT2D eigenvalue weighted by Crippen LogP contribution is -2.30. The Labute approximate surface area is 129 Å². The maximum absolute atomic E-state index is 11.6. The monoisotopic (exact) mass is 297 g/mol. The van der Waals surface area contributed by atoms with E-state index in [1.165, 1.54) is 5.56 Å². The smallest absolute Gasteiger partial charge is 0.320 e. The van der Waals surface area contributed by atoms with Crippen LogP contribution in [0.25, 0.3) is 0 Å². The van der Waals surface area contributed by atoms with E-state index in [9.17, 15) is 4.79 Å². The number of hydrogen-bond donors (Lipinski definition) is 3. The fourth-order valence-corrected chi connectivity index (χ4v) is 2.12. The van der Waals surface area contributed by atoms with Crippen molar-refractivity contribution in [2.75, 3.05) is 10.6 Å². The Hall–Kier alpha value is -2.63. The van der Waals surface area contributed by atoms with E-state index in [4.69, 9.17) is 0 Å². The summed E-state index contributed by atoms with van der Waals surface area (Å²) in [6.45, 7) is 4.10. The number of nitrogens with one attached hydrogen (secondary N) is 3. The molecule has 0 bridgehead atoms.